The van der Waals surface area contributed by atoms with Crippen molar-refractivity contribution < 1.29 is 5.11 Å². The van der Waals surface area contributed by atoms with Gasteiger partial charge in [-0.2, -0.15) is 0 Å². The number of hydrogen-bond acceptors (Lipinski definition) is 4. The van der Waals surface area contributed by atoms with Crippen molar-refractivity contribution in [2.75, 3.05) is 0 Å². The Hall–Kier alpha value is -2.49. The smallest absolute Gasteiger partial charge is 0.143 e. The third kappa shape index (κ3) is 1.69. The van der Waals surface area contributed by atoms with Gasteiger partial charge in [0.25, 0.3) is 0 Å². The predicted octanol–water partition coefficient (Wildman–Crippen LogP) is 2.40. The lowest BCUT2D eigenvalue weighted by Gasteiger charge is -2.03. The molecule has 0 aromatic carbocycles. The summed E-state index contributed by atoms with van der Waals surface area (Å²) in [6.07, 6.45) is 6.50. The van der Waals surface area contributed by atoms with E-state index in [4.69, 9.17) is 0 Å². The Morgan fingerprint density at radius 1 is 0.882 bits per heavy atom. The molecular formula is C13H9N3O. The average molecular weight is 223 g/mol. The molecule has 3 heterocycles. The van der Waals surface area contributed by atoms with Crippen molar-refractivity contribution in [3.05, 3.63) is 49.1 Å². The molecule has 0 fully saturated rings. The van der Waals surface area contributed by atoms with Gasteiger partial charge in [0.15, 0.2) is 0 Å². The Bertz CT molecular complexity index is 668. The molecule has 3 aromatic rings. The molecular weight excluding hydrogens is 214 g/mol. The SMILES string of the molecule is Oc1cncc2nc(-c3ccncc3)ccc12. The second kappa shape index (κ2) is 3.83. The number of aromatic nitrogens is 3. The number of fused-ring (bicyclic) bond motifs is 1. The van der Waals surface area contributed by atoms with Crippen molar-refractivity contribution in [3.63, 3.8) is 0 Å². The van der Waals surface area contributed by atoms with Gasteiger partial charge in [-0.1, -0.05) is 0 Å². The van der Waals surface area contributed by atoms with Gasteiger partial charge in [-0.25, -0.2) is 4.98 Å². The molecule has 0 aliphatic carbocycles. The lowest BCUT2D eigenvalue weighted by molar-refractivity contribution is 0.479. The number of pyridine rings is 3. The van der Waals surface area contributed by atoms with Crippen LogP contribution in [0.3, 0.4) is 0 Å². The highest BCUT2D eigenvalue weighted by Gasteiger charge is 2.04. The van der Waals surface area contributed by atoms with Crippen LogP contribution in [0.2, 0.25) is 0 Å². The molecule has 4 nitrogen and oxygen atoms in total. The molecule has 0 saturated carbocycles. The van der Waals surface area contributed by atoms with Gasteiger partial charge in [0.2, 0.25) is 0 Å². The molecule has 0 atom stereocenters. The molecule has 3 aromatic heterocycles. The number of aromatic hydroxyl groups is 1. The molecule has 17 heavy (non-hydrogen) atoms. The minimum Gasteiger partial charge on any atom is -0.506 e. The summed E-state index contributed by atoms with van der Waals surface area (Å²) in [7, 11) is 0. The summed E-state index contributed by atoms with van der Waals surface area (Å²) in [6.45, 7) is 0. The van der Waals surface area contributed by atoms with Crippen molar-refractivity contribution >= 4 is 10.9 Å². The Morgan fingerprint density at radius 2 is 1.71 bits per heavy atom. The van der Waals surface area contributed by atoms with Crippen LogP contribution >= 0.6 is 0 Å². The fourth-order valence-electron chi connectivity index (χ4n) is 1.72. The summed E-state index contributed by atoms with van der Waals surface area (Å²) in [4.78, 5) is 12.3. The van der Waals surface area contributed by atoms with E-state index >= 15 is 0 Å². The van der Waals surface area contributed by atoms with Crippen molar-refractivity contribution in [2.24, 2.45) is 0 Å². The first-order chi connectivity index (χ1) is 8.34. The van der Waals surface area contributed by atoms with Gasteiger partial charge in [0.1, 0.15) is 5.75 Å². The highest BCUT2D eigenvalue weighted by Crippen LogP contribution is 2.24. The van der Waals surface area contributed by atoms with E-state index in [2.05, 4.69) is 15.0 Å². The topological polar surface area (TPSA) is 58.9 Å². The zero-order chi connectivity index (χ0) is 11.7. The molecule has 0 spiro atoms. The maximum Gasteiger partial charge on any atom is 0.143 e. The lowest BCUT2D eigenvalue weighted by atomic mass is 10.1. The van der Waals surface area contributed by atoms with Crippen molar-refractivity contribution in [1.82, 2.24) is 15.0 Å². The van der Waals surface area contributed by atoms with E-state index in [9.17, 15) is 5.11 Å². The van der Waals surface area contributed by atoms with Crippen LogP contribution in [0.5, 0.6) is 5.75 Å². The molecule has 3 rings (SSSR count). The van der Waals surface area contributed by atoms with Crippen molar-refractivity contribution in [1.29, 1.82) is 0 Å². The zero-order valence-electron chi connectivity index (χ0n) is 8.91. The number of nitrogens with zero attached hydrogens (tertiary/aromatic N) is 3. The van der Waals surface area contributed by atoms with E-state index in [1.807, 2.05) is 24.3 Å². The van der Waals surface area contributed by atoms with Gasteiger partial charge in [0, 0.05) is 23.3 Å². The fourth-order valence-corrected chi connectivity index (χ4v) is 1.72. The molecule has 0 radical (unpaired) electrons. The van der Waals surface area contributed by atoms with Crippen LogP contribution in [0.1, 0.15) is 0 Å². The highest BCUT2D eigenvalue weighted by molar-refractivity contribution is 5.85. The Kier molecular flexibility index (Phi) is 2.19. The van der Waals surface area contributed by atoms with Crippen molar-refractivity contribution in [3.8, 4) is 17.0 Å². The largest absolute Gasteiger partial charge is 0.506 e. The van der Waals surface area contributed by atoms with E-state index in [0.717, 1.165) is 11.3 Å². The van der Waals surface area contributed by atoms with Crippen LogP contribution in [-0.2, 0) is 0 Å². The average Bonchev–Trinajstić information content (AvgIpc) is 2.40. The predicted molar refractivity (Wildman–Crippen MR) is 64.4 cm³/mol. The Balaban J connectivity index is 2.21. The molecule has 0 saturated heterocycles. The molecule has 0 amide bonds. The summed E-state index contributed by atoms with van der Waals surface area (Å²) < 4.78 is 0. The first-order valence-corrected chi connectivity index (χ1v) is 5.19. The van der Waals surface area contributed by atoms with E-state index in [1.165, 1.54) is 6.20 Å². The van der Waals surface area contributed by atoms with Gasteiger partial charge < -0.3 is 5.11 Å². The zero-order valence-corrected chi connectivity index (χ0v) is 8.91. The van der Waals surface area contributed by atoms with E-state index in [-0.39, 0.29) is 5.75 Å². The van der Waals surface area contributed by atoms with Crippen LogP contribution in [-0.4, -0.2) is 20.1 Å². The first-order valence-electron chi connectivity index (χ1n) is 5.19. The normalized spacial score (nSPS) is 10.6. The van der Waals surface area contributed by atoms with E-state index in [0.29, 0.717) is 10.9 Å². The Labute approximate surface area is 97.6 Å². The van der Waals surface area contributed by atoms with Gasteiger partial charge in [0.05, 0.1) is 23.6 Å². The summed E-state index contributed by atoms with van der Waals surface area (Å²) in [6, 6.07) is 7.50. The lowest BCUT2D eigenvalue weighted by Crippen LogP contribution is -1.86. The van der Waals surface area contributed by atoms with E-state index in [1.54, 1.807) is 18.6 Å². The number of hydrogen-bond donors (Lipinski definition) is 1. The fraction of sp³-hybridized carbons (Fsp3) is 0. The molecule has 1 N–H and O–H groups in total. The van der Waals surface area contributed by atoms with Gasteiger partial charge in [-0.3, -0.25) is 9.97 Å². The maximum absolute atomic E-state index is 9.62. The van der Waals surface area contributed by atoms with Gasteiger partial charge in [-0.15, -0.1) is 0 Å². The quantitative estimate of drug-likeness (QED) is 0.688. The summed E-state index contributed by atoms with van der Waals surface area (Å²) in [5.41, 5.74) is 2.51. The standard InChI is InChI=1S/C13H9N3O/c17-13-8-15-7-12-10(13)1-2-11(16-12)9-3-5-14-6-4-9/h1-8,17H. The van der Waals surface area contributed by atoms with Crippen LogP contribution in [0.4, 0.5) is 0 Å². The molecule has 0 aliphatic heterocycles. The molecule has 4 heteroatoms. The van der Waals surface area contributed by atoms with Crippen LogP contribution in [0.25, 0.3) is 22.2 Å². The second-order valence-electron chi connectivity index (χ2n) is 3.66. The second-order valence-corrected chi connectivity index (χ2v) is 3.66. The number of rotatable bonds is 1. The van der Waals surface area contributed by atoms with Crippen LogP contribution in [0, 0.1) is 0 Å². The van der Waals surface area contributed by atoms with Crippen molar-refractivity contribution in [2.45, 2.75) is 0 Å². The molecule has 82 valence electrons. The summed E-state index contributed by atoms with van der Waals surface area (Å²) in [5, 5.41) is 10.3. The Morgan fingerprint density at radius 3 is 2.53 bits per heavy atom. The molecule has 0 unspecified atom stereocenters. The van der Waals surface area contributed by atoms with Gasteiger partial charge in [-0.05, 0) is 24.3 Å². The van der Waals surface area contributed by atoms with Crippen LogP contribution in [0.15, 0.2) is 49.1 Å². The summed E-state index contributed by atoms with van der Waals surface area (Å²) >= 11 is 0. The highest BCUT2D eigenvalue weighted by atomic mass is 16.3. The monoisotopic (exact) mass is 223 g/mol. The van der Waals surface area contributed by atoms with E-state index < -0.39 is 0 Å². The maximum atomic E-state index is 9.62. The summed E-state index contributed by atoms with van der Waals surface area (Å²) in [5.74, 6) is 0.149. The molecule has 0 bridgehead atoms. The van der Waals surface area contributed by atoms with Gasteiger partial charge >= 0.3 is 0 Å². The minimum absolute atomic E-state index is 0.149. The minimum atomic E-state index is 0.149. The third-order valence-corrected chi connectivity index (χ3v) is 2.57. The van der Waals surface area contributed by atoms with Crippen LogP contribution < -0.4 is 0 Å². The first kappa shape index (κ1) is 9.72. The third-order valence-electron chi connectivity index (χ3n) is 2.57. The molecule has 0 aliphatic rings.